The van der Waals surface area contributed by atoms with Crippen molar-refractivity contribution in [2.45, 2.75) is 16.6 Å². The van der Waals surface area contributed by atoms with Crippen molar-refractivity contribution in [3.8, 4) is 16.9 Å². The fourth-order valence-electron chi connectivity index (χ4n) is 4.05. The average molecular weight is 603 g/mol. The molecule has 1 fully saturated rings. The van der Waals surface area contributed by atoms with Gasteiger partial charge in [0.15, 0.2) is 0 Å². The monoisotopic (exact) mass is 603 g/mol. The number of hydrogen-bond donors (Lipinski definition) is 2. The minimum absolute atomic E-state index is 0.0205. The second-order valence-electron chi connectivity index (χ2n) is 8.27. The molecule has 0 bridgehead atoms. The minimum Gasteiger partial charge on any atom is -0.425 e. The molecule has 1 aliphatic heterocycles. The van der Waals surface area contributed by atoms with E-state index < -0.39 is 16.1 Å². The number of carbonyl (C=O) groups is 1. The Balaban J connectivity index is 1.45. The van der Waals surface area contributed by atoms with Gasteiger partial charge < -0.3 is 20.1 Å². The van der Waals surface area contributed by atoms with Gasteiger partial charge in [-0.15, -0.1) is 0 Å². The largest absolute Gasteiger partial charge is 0.451 e. The molecule has 2 aromatic heterocycles. The molecule has 0 saturated carbocycles. The number of ether oxygens (including phenoxy) is 1. The third-order valence-corrected chi connectivity index (χ3v) is 5.94. The molecule has 1 amide bonds. The van der Waals surface area contributed by atoms with Gasteiger partial charge in [-0.2, -0.15) is 8.78 Å². The number of halogens is 3. The summed E-state index contributed by atoms with van der Waals surface area (Å²) in [7, 11) is 0. The summed E-state index contributed by atoms with van der Waals surface area (Å²) in [5.41, 5.74) is 3.70. The molecule has 184 valence electrons. The van der Waals surface area contributed by atoms with Gasteiger partial charge in [-0.3, -0.25) is 14.8 Å². The Kier molecular flexibility index (Phi) is 6.67. The van der Waals surface area contributed by atoms with E-state index in [4.69, 9.17) is 0 Å². The molecular weight excluding hydrogens is 583 g/mol. The number of hydrogen-bond acceptors (Lipinski definition) is 7. The molecule has 1 aliphatic rings. The van der Waals surface area contributed by atoms with Crippen molar-refractivity contribution >= 4 is 51.0 Å². The highest BCUT2D eigenvalue weighted by Gasteiger charge is 2.27. The van der Waals surface area contributed by atoms with Gasteiger partial charge in [-0.25, -0.2) is 4.98 Å². The molecule has 0 radical (unpaired) electrons. The molecule has 1 saturated heterocycles. The van der Waals surface area contributed by atoms with Crippen molar-refractivity contribution in [1.29, 1.82) is 0 Å². The maximum Gasteiger partial charge on any atom is 0.451 e. The zero-order valence-corrected chi connectivity index (χ0v) is 20.9. The Morgan fingerprint density at radius 1 is 1.08 bits per heavy atom. The van der Waals surface area contributed by atoms with Crippen LogP contribution in [0, 0.1) is 0 Å². The normalized spacial score (nSPS) is 15.8. The van der Waals surface area contributed by atoms with E-state index in [1.165, 1.54) is 30.5 Å². The van der Waals surface area contributed by atoms with Crippen molar-refractivity contribution in [2.75, 3.05) is 23.3 Å². The predicted molar refractivity (Wildman–Crippen MR) is 140 cm³/mol. The van der Waals surface area contributed by atoms with Gasteiger partial charge in [0.1, 0.15) is 11.6 Å². The topological polar surface area (TPSA) is 100 Å². The Labute approximate surface area is 218 Å². The van der Waals surface area contributed by atoms with Crippen molar-refractivity contribution in [2.24, 2.45) is 0 Å². The number of aliphatic hydroxyl groups is 1. The number of rotatable bonds is 6. The highest BCUT2D eigenvalue weighted by molar-refractivity contribution is 14.1. The fourth-order valence-corrected chi connectivity index (χ4v) is 4.31. The molecule has 3 heterocycles. The molecule has 36 heavy (non-hydrogen) atoms. The fraction of sp³-hybridized carbons (Fsp3) is 0.200. The van der Waals surface area contributed by atoms with E-state index in [2.05, 4.69) is 25.0 Å². The smallest absolute Gasteiger partial charge is 0.425 e. The summed E-state index contributed by atoms with van der Waals surface area (Å²) in [6, 6.07) is 13.0. The third kappa shape index (κ3) is 5.51. The van der Waals surface area contributed by atoms with Crippen LogP contribution in [0.15, 0.2) is 67.1 Å². The minimum atomic E-state index is -3.33. The molecule has 5 rings (SSSR count). The summed E-state index contributed by atoms with van der Waals surface area (Å²) in [5, 5.41) is 12.8. The number of carbonyl (C=O) groups excluding carboxylic acids is 1. The van der Waals surface area contributed by atoms with Crippen molar-refractivity contribution in [3.63, 3.8) is 0 Å². The van der Waals surface area contributed by atoms with Crippen LogP contribution >= 0.6 is 22.6 Å². The van der Waals surface area contributed by atoms with E-state index in [0.29, 0.717) is 42.1 Å². The zero-order valence-electron chi connectivity index (χ0n) is 18.7. The molecule has 0 aliphatic carbocycles. The van der Waals surface area contributed by atoms with Crippen LogP contribution in [0.3, 0.4) is 0 Å². The number of fused-ring (bicyclic) bond motifs is 1. The van der Waals surface area contributed by atoms with Crippen LogP contribution in [0.4, 0.5) is 20.3 Å². The van der Waals surface area contributed by atoms with Crippen molar-refractivity contribution in [1.82, 2.24) is 15.0 Å². The first-order valence-electron chi connectivity index (χ1n) is 11.1. The first-order valence-corrected chi connectivity index (χ1v) is 12.1. The summed E-state index contributed by atoms with van der Waals surface area (Å²) in [5.74, 6) is 0.228. The van der Waals surface area contributed by atoms with Gasteiger partial charge in [-0.1, -0.05) is 6.07 Å². The SMILES string of the molecule is O=C(Nc1ccc(OC(F)(F)I)cc1)c1cnc(N2CC[C@@H](O)C2)c(-c2ccc3nccnc3c2)c1. The van der Waals surface area contributed by atoms with Crippen LogP contribution in [0.25, 0.3) is 22.2 Å². The first kappa shape index (κ1) is 24.3. The third-order valence-electron chi connectivity index (χ3n) is 5.72. The zero-order chi connectivity index (χ0) is 25.3. The Morgan fingerprint density at radius 2 is 1.83 bits per heavy atom. The van der Waals surface area contributed by atoms with Gasteiger partial charge in [0.2, 0.25) is 0 Å². The van der Waals surface area contributed by atoms with Crippen LogP contribution in [-0.2, 0) is 0 Å². The van der Waals surface area contributed by atoms with Gasteiger partial charge in [0.05, 0.1) is 45.3 Å². The quantitative estimate of drug-likeness (QED) is 0.240. The average Bonchev–Trinajstić information content (AvgIpc) is 3.29. The number of nitrogens with one attached hydrogen (secondary N) is 1. The lowest BCUT2D eigenvalue weighted by molar-refractivity contribution is -0.0691. The molecule has 1 atom stereocenters. The molecule has 2 N–H and O–H groups in total. The Morgan fingerprint density at radius 3 is 2.53 bits per heavy atom. The number of aliphatic hydroxyl groups excluding tert-OH is 1. The summed E-state index contributed by atoms with van der Waals surface area (Å²) < 4.78 is 27.2. The van der Waals surface area contributed by atoms with Crippen LogP contribution in [0.1, 0.15) is 16.8 Å². The lowest BCUT2D eigenvalue weighted by atomic mass is 10.0. The van der Waals surface area contributed by atoms with Crippen molar-refractivity contribution in [3.05, 3.63) is 72.7 Å². The van der Waals surface area contributed by atoms with E-state index >= 15 is 0 Å². The van der Waals surface area contributed by atoms with Crippen molar-refractivity contribution < 1.29 is 23.4 Å². The number of benzene rings is 2. The molecular formula is C25H20F2IN5O3. The Hall–Kier alpha value is -3.45. The lowest BCUT2D eigenvalue weighted by Gasteiger charge is -2.21. The van der Waals surface area contributed by atoms with Gasteiger partial charge >= 0.3 is 4.12 Å². The highest BCUT2D eigenvalue weighted by atomic mass is 127. The summed E-state index contributed by atoms with van der Waals surface area (Å²) >= 11 is 0.889. The standard InChI is InChI=1S/C25H20F2IN5O3/c26-25(27,28)36-19-4-2-17(3-5-19)32-24(35)16-11-20(23(31-13-16)33-10-7-18(34)14-33)15-1-6-21-22(12-15)30-9-8-29-21/h1-6,8-9,11-13,18,34H,7,10,14H2,(H,32,35)/t18-/m1/s1. The van der Waals surface area contributed by atoms with E-state index in [-0.39, 0.29) is 5.75 Å². The first-order chi connectivity index (χ1) is 17.2. The number of aromatic nitrogens is 3. The highest BCUT2D eigenvalue weighted by Crippen LogP contribution is 2.33. The Bertz CT molecular complexity index is 1420. The molecule has 4 aromatic rings. The van der Waals surface area contributed by atoms with Gasteiger partial charge in [0.25, 0.3) is 5.91 Å². The van der Waals surface area contributed by atoms with E-state index in [1.807, 2.05) is 23.1 Å². The second-order valence-corrected chi connectivity index (χ2v) is 9.53. The number of pyridine rings is 1. The summed E-state index contributed by atoms with van der Waals surface area (Å²) in [6.07, 6.45) is 4.91. The van der Waals surface area contributed by atoms with Crippen LogP contribution in [-0.4, -0.2) is 49.3 Å². The van der Waals surface area contributed by atoms with Gasteiger partial charge in [-0.05, 0) is 54.4 Å². The maximum absolute atomic E-state index is 13.0. The summed E-state index contributed by atoms with van der Waals surface area (Å²) in [6.45, 7) is 1.09. The number of amides is 1. The van der Waals surface area contributed by atoms with E-state index in [1.54, 1.807) is 18.5 Å². The molecule has 0 unspecified atom stereocenters. The molecule has 0 spiro atoms. The number of β-amino-alcohol motifs (C(OH)–C–C–N with tert-alkyl or cyclic N) is 1. The van der Waals surface area contributed by atoms with E-state index in [0.717, 1.165) is 39.2 Å². The molecule has 8 nitrogen and oxygen atoms in total. The number of nitrogens with zero attached hydrogens (tertiary/aromatic N) is 4. The van der Waals surface area contributed by atoms with Crippen LogP contribution < -0.4 is 15.0 Å². The summed E-state index contributed by atoms with van der Waals surface area (Å²) in [4.78, 5) is 28.3. The number of alkyl halides is 3. The van der Waals surface area contributed by atoms with Crippen LogP contribution in [0.5, 0.6) is 5.75 Å². The van der Waals surface area contributed by atoms with E-state index in [9.17, 15) is 18.7 Å². The number of anilines is 2. The molecule has 2 aromatic carbocycles. The van der Waals surface area contributed by atoms with Crippen LogP contribution in [0.2, 0.25) is 0 Å². The van der Waals surface area contributed by atoms with Gasteiger partial charge in [0, 0.05) is 42.9 Å². The second kappa shape index (κ2) is 9.90. The predicted octanol–water partition coefficient (Wildman–Crippen LogP) is 4.88. The lowest BCUT2D eigenvalue weighted by Crippen LogP contribution is -2.23. The molecule has 11 heteroatoms. The maximum atomic E-state index is 13.0.